The monoisotopic (exact) mass is 304 g/mol. The first-order chi connectivity index (χ1) is 10.1. The van der Waals surface area contributed by atoms with E-state index in [0.717, 1.165) is 23.2 Å². The van der Waals surface area contributed by atoms with Gasteiger partial charge in [0.25, 0.3) is 5.91 Å². The third-order valence-electron chi connectivity index (χ3n) is 2.98. The highest BCUT2D eigenvalue weighted by Gasteiger charge is 2.19. The zero-order valence-electron chi connectivity index (χ0n) is 11.9. The summed E-state index contributed by atoms with van der Waals surface area (Å²) in [7, 11) is 0. The van der Waals surface area contributed by atoms with Gasteiger partial charge in [0.05, 0.1) is 6.10 Å². The molecule has 0 radical (unpaired) electrons. The quantitative estimate of drug-likeness (QED) is 0.939. The molecule has 7 heteroatoms. The molecule has 110 valence electrons. The highest BCUT2D eigenvalue weighted by Crippen LogP contribution is 2.26. The first kappa shape index (κ1) is 13.9. The number of aromatic nitrogens is 3. The Kier molecular flexibility index (Phi) is 3.83. The van der Waals surface area contributed by atoms with Gasteiger partial charge in [-0.05, 0) is 38.1 Å². The van der Waals surface area contributed by atoms with Gasteiger partial charge < -0.3 is 4.74 Å². The molecule has 3 rings (SSSR count). The van der Waals surface area contributed by atoms with Gasteiger partial charge in [-0.15, -0.1) is 10.2 Å². The van der Waals surface area contributed by atoms with Crippen molar-refractivity contribution in [3.05, 3.63) is 29.8 Å². The van der Waals surface area contributed by atoms with Crippen LogP contribution in [-0.4, -0.2) is 32.5 Å². The second-order valence-electron chi connectivity index (χ2n) is 4.95. The van der Waals surface area contributed by atoms with Gasteiger partial charge in [-0.2, -0.15) is 0 Å². The molecule has 2 heterocycles. The number of carbonyl (C=O) groups is 1. The van der Waals surface area contributed by atoms with Crippen LogP contribution in [0.1, 0.15) is 24.2 Å². The molecule has 0 saturated heterocycles. The zero-order chi connectivity index (χ0) is 14.8. The van der Waals surface area contributed by atoms with E-state index in [-0.39, 0.29) is 12.0 Å². The van der Waals surface area contributed by atoms with Crippen LogP contribution in [-0.2, 0) is 6.54 Å². The van der Waals surface area contributed by atoms with Crippen LogP contribution < -0.4 is 10.1 Å². The summed E-state index contributed by atoms with van der Waals surface area (Å²) in [4.78, 5) is 12.2. The average molecular weight is 304 g/mol. The zero-order valence-corrected chi connectivity index (χ0v) is 12.7. The Morgan fingerprint density at radius 3 is 2.81 bits per heavy atom. The number of hydrogen-bond donors (Lipinski definition) is 1. The van der Waals surface area contributed by atoms with Crippen LogP contribution in [0.4, 0.5) is 5.95 Å². The van der Waals surface area contributed by atoms with E-state index in [2.05, 4.69) is 15.5 Å². The molecule has 2 aromatic rings. The molecule has 1 amide bonds. The minimum absolute atomic E-state index is 0.112. The van der Waals surface area contributed by atoms with Crippen molar-refractivity contribution in [2.24, 2.45) is 0 Å². The molecule has 1 aromatic carbocycles. The maximum Gasteiger partial charge on any atom is 0.258 e. The Labute approximate surface area is 126 Å². The lowest BCUT2D eigenvalue weighted by Gasteiger charge is -2.10. The van der Waals surface area contributed by atoms with Crippen LogP contribution in [0.3, 0.4) is 0 Å². The molecule has 1 N–H and O–H groups in total. The van der Waals surface area contributed by atoms with Crippen molar-refractivity contribution in [2.45, 2.75) is 31.7 Å². The molecule has 1 aliphatic rings. The van der Waals surface area contributed by atoms with E-state index in [9.17, 15) is 4.79 Å². The van der Waals surface area contributed by atoms with Crippen molar-refractivity contribution in [3.8, 4) is 5.75 Å². The highest BCUT2D eigenvalue weighted by molar-refractivity contribution is 7.99. The lowest BCUT2D eigenvalue weighted by atomic mass is 10.2. The van der Waals surface area contributed by atoms with Crippen LogP contribution in [0, 0.1) is 0 Å². The van der Waals surface area contributed by atoms with Gasteiger partial charge in [-0.25, -0.2) is 0 Å². The number of nitrogens with one attached hydrogen (secondary N) is 1. The normalized spacial score (nSPS) is 13.3. The first-order valence-electron chi connectivity index (χ1n) is 6.77. The van der Waals surface area contributed by atoms with Crippen molar-refractivity contribution < 1.29 is 9.53 Å². The van der Waals surface area contributed by atoms with Crippen molar-refractivity contribution in [1.29, 1.82) is 0 Å². The number of fused-ring (bicyclic) bond motifs is 1. The summed E-state index contributed by atoms with van der Waals surface area (Å²) in [6, 6.07) is 7.06. The van der Waals surface area contributed by atoms with E-state index in [1.54, 1.807) is 36.0 Å². The highest BCUT2D eigenvalue weighted by atomic mass is 32.2. The van der Waals surface area contributed by atoms with Crippen LogP contribution in [0.15, 0.2) is 29.4 Å². The largest absolute Gasteiger partial charge is 0.491 e. The number of thioether (sulfide) groups is 1. The van der Waals surface area contributed by atoms with Crippen LogP contribution in [0.5, 0.6) is 5.75 Å². The fraction of sp³-hybridized carbons (Fsp3) is 0.357. The summed E-state index contributed by atoms with van der Waals surface area (Å²) in [5.41, 5.74) is 0.564. The van der Waals surface area contributed by atoms with E-state index in [0.29, 0.717) is 11.5 Å². The topological polar surface area (TPSA) is 69.0 Å². The molecule has 0 unspecified atom stereocenters. The maximum absolute atomic E-state index is 12.2. The van der Waals surface area contributed by atoms with Gasteiger partial charge in [0.1, 0.15) is 5.75 Å². The van der Waals surface area contributed by atoms with Crippen molar-refractivity contribution in [2.75, 3.05) is 11.1 Å². The second kappa shape index (κ2) is 5.77. The standard InChI is InChI=1S/C14H16N4O2S/c1-9(2)20-11-5-3-10(4-6-11)12(19)15-13-16-17-14-18(13)7-8-21-14/h3-6,9H,7-8H2,1-2H3,(H,15,16,19). The summed E-state index contributed by atoms with van der Waals surface area (Å²) in [5, 5.41) is 11.7. The summed E-state index contributed by atoms with van der Waals surface area (Å²) >= 11 is 1.64. The van der Waals surface area contributed by atoms with Crippen molar-refractivity contribution in [1.82, 2.24) is 14.8 Å². The summed E-state index contributed by atoms with van der Waals surface area (Å²) < 4.78 is 7.47. The fourth-order valence-corrected chi connectivity index (χ4v) is 2.94. The van der Waals surface area contributed by atoms with Crippen molar-refractivity contribution >= 4 is 23.6 Å². The Morgan fingerprint density at radius 2 is 2.10 bits per heavy atom. The number of anilines is 1. The molecule has 0 spiro atoms. The molecular weight excluding hydrogens is 288 g/mol. The van der Waals surface area contributed by atoms with E-state index in [1.165, 1.54) is 0 Å². The number of nitrogens with zero attached hydrogens (tertiary/aromatic N) is 3. The maximum atomic E-state index is 12.2. The minimum atomic E-state index is -0.196. The third-order valence-corrected chi connectivity index (χ3v) is 3.92. The fourth-order valence-electron chi connectivity index (χ4n) is 2.05. The molecule has 0 fully saturated rings. The number of rotatable bonds is 4. The van der Waals surface area contributed by atoms with E-state index >= 15 is 0 Å². The first-order valence-corrected chi connectivity index (χ1v) is 7.76. The van der Waals surface area contributed by atoms with Gasteiger partial charge in [0.15, 0.2) is 5.16 Å². The van der Waals surface area contributed by atoms with E-state index in [1.807, 2.05) is 18.4 Å². The van der Waals surface area contributed by atoms with E-state index < -0.39 is 0 Å². The van der Waals surface area contributed by atoms with Crippen LogP contribution in [0.2, 0.25) is 0 Å². The van der Waals surface area contributed by atoms with E-state index in [4.69, 9.17) is 4.74 Å². The Hall–Kier alpha value is -2.02. The molecule has 1 aliphatic heterocycles. The third kappa shape index (κ3) is 3.02. The van der Waals surface area contributed by atoms with Gasteiger partial charge in [0.2, 0.25) is 5.95 Å². The number of amides is 1. The van der Waals surface area contributed by atoms with Gasteiger partial charge >= 0.3 is 0 Å². The lowest BCUT2D eigenvalue weighted by Crippen LogP contribution is -2.16. The Bertz CT molecular complexity index is 651. The Balaban J connectivity index is 1.70. The molecule has 21 heavy (non-hydrogen) atoms. The van der Waals surface area contributed by atoms with Gasteiger partial charge in [-0.3, -0.25) is 14.7 Å². The lowest BCUT2D eigenvalue weighted by molar-refractivity contribution is 0.102. The molecule has 0 aliphatic carbocycles. The predicted molar refractivity (Wildman–Crippen MR) is 80.9 cm³/mol. The second-order valence-corrected chi connectivity index (χ2v) is 6.01. The molecule has 6 nitrogen and oxygen atoms in total. The molecule has 1 aromatic heterocycles. The molecular formula is C14H16N4O2S. The number of ether oxygens (including phenoxy) is 1. The molecule has 0 bridgehead atoms. The summed E-state index contributed by atoms with van der Waals surface area (Å²) in [6.07, 6.45) is 0.112. The predicted octanol–water partition coefficient (Wildman–Crippen LogP) is 2.42. The van der Waals surface area contributed by atoms with Gasteiger partial charge in [0, 0.05) is 17.9 Å². The number of hydrogen-bond acceptors (Lipinski definition) is 5. The minimum Gasteiger partial charge on any atom is -0.491 e. The average Bonchev–Trinajstić information content (AvgIpc) is 3.04. The van der Waals surface area contributed by atoms with Crippen LogP contribution in [0.25, 0.3) is 0 Å². The smallest absolute Gasteiger partial charge is 0.258 e. The van der Waals surface area contributed by atoms with Gasteiger partial charge in [-0.1, -0.05) is 11.8 Å². The SMILES string of the molecule is CC(C)Oc1ccc(C(=O)Nc2nnc3n2CCS3)cc1. The molecule has 0 saturated carbocycles. The van der Waals surface area contributed by atoms with Crippen molar-refractivity contribution in [3.63, 3.8) is 0 Å². The number of benzene rings is 1. The summed E-state index contributed by atoms with van der Waals surface area (Å²) in [5.74, 6) is 2.02. The molecule has 0 atom stereocenters. The van der Waals surface area contributed by atoms with Crippen LogP contribution >= 0.6 is 11.8 Å². The number of carbonyl (C=O) groups excluding carboxylic acids is 1. The summed E-state index contributed by atoms with van der Waals surface area (Å²) in [6.45, 7) is 4.75. The Morgan fingerprint density at radius 1 is 1.33 bits per heavy atom.